The molecule has 1 N–H and O–H groups in total. The van der Waals surface area contributed by atoms with Crippen molar-refractivity contribution in [1.82, 2.24) is 20.3 Å². The van der Waals surface area contributed by atoms with Gasteiger partial charge in [0, 0.05) is 43.7 Å². The van der Waals surface area contributed by atoms with Crippen molar-refractivity contribution in [3.8, 4) is 11.4 Å². The molecule has 0 aliphatic carbocycles. The molecule has 1 aromatic carbocycles. The highest BCUT2D eigenvalue weighted by Crippen LogP contribution is 2.41. The van der Waals surface area contributed by atoms with Gasteiger partial charge < -0.3 is 15.0 Å². The summed E-state index contributed by atoms with van der Waals surface area (Å²) in [6, 6.07) is 13.6. The standard InChI is InChI=1S/C24H25N5O2/c1-25-23(30)18-7-11-26-20(15-18)29-12-9-24(10-13-29)21-19(8-14-31-24)16-27-22(28-21)17-5-3-2-4-6-17/h2-7,11,15-16H,8-10,12-14H2,1H3,(H,25,30). The highest BCUT2D eigenvalue weighted by Gasteiger charge is 2.43. The second-order valence-corrected chi connectivity index (χ2v) is 8.00. The minimum absolute atomic E-state index is 0.105. The molecule has 0 atom stereocenters. The van der Waals surface area contributed by atoms with Gasteiger partial charge >= 0.3 is 0 Å². The van der Waals surface area contributed by atoms with Gasteiger partial charge in [-0.2, -0.15) is 0 Å². The van der Waals surface area contributed by atoms with Crippen LogP contribution in [0.2, 0.25) is 0 Å². The van der Waals surface area contributed by atoms with Crippen molar-refractivity contribution in [3.05, 3.63) is 71.7 Å². The molecule has 158 valence electrons. The van der Waals surface area contributed by atoms with Crippen LogP contribution in [0.5, 0.6) is 0 Å². The third-order valence-electron chi connectivity index (χ3n) is 6.21. The molecule has 7 nitrogen and oxygen atoms in total. The van der Waals surface area contributed by atoms with E-state index in [9.17, 15) is 4.79 Å². The minimum atomic E-state index is -0.394. The van der Waals surface area contributed by atoms with Crippen LogP contribution in [0.3, 0.4) is 0 Å². The minimum Gasteiger partial charge on any atom is -0.368 e. The van der Waals surface area contributed by atoms with Crippen molar-refractivity contribution in [3.63, 3.8) is 0 Å². The van der Waals surface area contributed by atoms with Crippen LogP contribution in [0.25, 0.3) is 11.4 Å². The Morgan fingerprint density at radius 1 is 1.13 bits per heavy atom. The van der Waals surface area contributed by atoms with Gasteiger partial charge in [-0.05, 0) is 37.0 Å². The van der Waals surface area contributed by atoms with Gasteiger partial charge in [0.15, 0.2) is 5.82 Å². The van der Waals surface area contributed by atoms with Crippen molar-refractivity contribution < 1.29 is 9.53 Å². The van der Waals surface area contributed by atoms with E-state index in [-0.39, 0.29) is 5.91 Å². The summed E-state index contributed by atoms with van der Waals surface area (Å²) >= 11 is 0. The lowest BCUT2D eigenvalue weighted by Gasteiger charge is -2.44. The van der Waals surface area contributed by atoms with Crippen LogP contribution < -0.4 is 10.2 Å². The van der Waals surface area contributed by atoms with E-state index in [2.05, 4.69) is 20.2 Å². The number of nitrogens with one attached hydrogen (secondary N) is 1. The first-order valence-corrected chi connectivity index (χ1v) is 10.7. The van der Waals surface area contributed by atoms with Crippen LogP contribution >= 0.6 is 0 Å². The summed E-state index contributed by atoms with van der Waals surface area (Å²) in [4.78, 5) is 28.3. The molecule has 0 bridgehead atoms. The molecule has 5 rings (SSSR count). The highest BCUT2D eigenvalue weighted by molar-refractivity contribution is 5.94. The number of benzene rings is 1. The summed E-state index contributed by atoms with van der Waals surface area (Å²) < 4.78 is 6.39. The van der Waals surface area contributed by atoms with Gasteiger partial charge in [-0.1, -0.05) is 30.3 Å². The molecule has 1 amide bonds. The largest absolute Gasteiger partial charge is 0.368 e. The molecular weight excluding hydrogens is 390 g/mol. The van der Waals surface area contributed by atoms with Crippen LogP contribution in [0.4, 0.5) is 5.82 Å². The molecule has 7 heteroatoms. The van der Waals surface area contributed by atoms with Gasteiger partial charge in [0.2, 0.25) is 0 Å². The Balaban J connectivity index is 1.41. The molecular formula is C24H25N5O2. The Kier molecular flexibility index (Phi) is 5.11. The van der Waals surface area contributed by atoms with E-state index in [1.54, 1.807) is 19.3 Å². The second-order valence-electron chi connectivity index (χ2n) is 8.00. The molecule has 2 aliphatic heterocycles. The maximum atomic E-state index is 12.0. The number of ether oxygens (including phenoxy) is 1. The molecule has 1 spiro atoms. The smallest absolute Gasteiger partial charge is 0.251 e. The number of carbonyl (C=O) groups excluding carboxylic acids is 1. The Hall–Kier alpha value is -3.32. The number of nitrogens with zero attached hydrogens (tertiary/aromatic N) is 4. The zero-order valence-electron chi connectivity index (χ0n) is 17.5. The summed E-state index contributed by atoms with van der Waals surface area (Å²) in [6.45, 7) is 2.26. The monoisotopic (exact) mass is 415 g/mol. The molecule has 31 heavy (non-hydrogen) atoms. The Bertz CT molecular complexity index is 1090. The van der Waals surface area contributed by atoms with E-state index in [1.807, 2.05) is 42.6 Å². The average Bonchev–Trinajstić information content (AvgIpc) is 2.85. The first-order valence-electron chi connectivity index (χ1n) is 10.7. The molecule has 1 fully saturated rings. The fourth-order valence-electron chi connectivity index (χ4n) is 4.49. The molecule has 1 saturated heterocycles. The number of anilines is 1. The summed E-state index contributed by atoms with van der Waals surface area (Å²) in [6.07, 6.45) is 6.13. The number of amides is 1. The average molecular weight is 415 g/mol. The number of hydrogen-bond donors (Lipinski definition) is 1. The van der Waals surface area contributed by atoms with Crippen molar-refractivity contribution >= 4 is 11.7 Å². The van der Waals surface area contributed by atoms with Crippen molar-refractivity contribution in [2.75, 3.05) is 31.6 Å². The van der Waals surface area contributed by atoms with Gasteiger partial charge in [0.25, 0.3) is 5.91 Å². The van der Waals surface area contributed by atoms with E-state index >= 15 is 0 Å². The quantitative estimate of drug-likeness (QED) is 0.708. The molecule has 3 aromatic rings. The Morgan fingerprint density at radius 3 is 2.71 bits per heavy atom. The van der Waals surface area contributed by atoms with Crippen LogP contribution in [-0.2, 0) is 16.8 Å². The lowest BCUT2D eigenvalue weighted by Crippen LogP contribution is -2.47. The normalized spacial score (nSPS) is 17.3. The van der Waals surface area contributed by atoms with E-state index in [0.717, 1.165) is 55.3 Å². The highest BCUT2D eigenvalue weighted by atomic mass is 16.5. The third kappa shape index (κ3) is 3.65. The maximum absolute atomic E-state index is 12.0. The topological polar surface area (TPSA) is 80.2 Å². The fourth-order valence-corrected chi connectivity index (χ4v) is 4.49. The van der Waals surface area contributed by atoms with Crippen LogP contribution in [0.15, 0.2) is 54.9 Å². The number of pyridine rings is 1. The SMILES string of the molecule is CNC(=O)c1ccnc(N2CCC3(CC2)OCCc2cnc(-c4ccccc4)nc23)c1. The summed E-state index contributed by atoms with van der Waals surface area (Å²) in [5.41, 5.74) is 3.44. The Morgan fingerprint density at radius 2 is 1.94 bits per heavy atom. The van der Waals surface area contributed by atoms with Crippen LogP contribution in [0.1, 0.15) is 34.5 Å². The predicted octanol–water partition coefficient (Wildman–Crippen LogP) is 2.97. The summed E-state index contributed by atoms with van der Waals surface area (Å²) in [5, 5.41) is 2.67. The zero-order valence-corrected chi connectivity index (χ0v) is 17.5. The van der Waals surface area contributed by atoms with Gasteiger partial charge in [0.05, 0.1) is 12.3 Å². The number of carbonyl (C=O) groups is 1. The predicted molar refractivity (Wildman–Crippen MR) is 118 cm³/mol. The zero-order chi connectivity index (χ0) is 21.3. The maximum Gasteiger partial charge on any atom is 0.251 e. The molecule has 2 aromatic heterocycles. The number of rotatable bonds is 3. The molecule has 0 saturated carbocycles. The van der Waals surface area contributed by atoms with E-state index in [4.69, 9.17) is 9.72 Å². The summed E-state index contributed by atoms with van der Waals surface area (Å²) in [7, 11) is 1.64. The fraction of sp³-hybridized carbons (Fsp3) is 0.333. The third-order valence-corrected chi connectivity index (χ3v) is 6.21. The molecule has 0 unspecified atom stereocenters. The van der Waals surface area contributed by atoms with Crippen molar-refractivity contribution in [2.24, 2.45) is 0 Å². The molecule has 4 heterocycles. The first kappa shape index (κ1) is 19.6. The lowest BCUT2D eigenvalue weighted by atomic mass is 9.83. The van der Waals surface area contributed by atoms with Crippen molar-refractivity contribution in [2.45, 2.75) is 24.9 Å². The van der Waals surface area contributed by atoms with E-state index in [1.165, 1.54) is 5.56 Å². The van der Waals surface area contributed by atoms with Gasteiger partial charge in [-0.25, -0.2) is 15.0 Å². The van der Waals surface area contributed by atoms with Gasteiger partial charge in [-0.15, -0.1) is 0 Å². The molecule has 2 aliphatic rings. The Labute approximate surface area is 181 Å². The number of aromatic nitrogens is 3. The van der Waals surface area contributed by atoms with Crippen LogP contribution in [-0.4, -0.2) is 47.6 Å². The van der Waals surface area contributed by atoms with E-state index < -0.39 is 5.60 Å². The number of hydrogen-bond acceptors (Lipinski definition) is 6. The first-order chi connectivity index (χ1) is 15.2. The number of piperidine rings is 1. The second kappa shape index (κ2) is 8.07. The lowest BCUT2D eigenvalue weighted by molar-refractivity contribution is -0.0801. The van der Waals surface area contributed by atoms with Crippen molar-refractivity contribution in [1.29, 1.82) is 0 Å². The van der Waals surface area contributed by atoms with E-state index in [0.29, 0.717) is 12.2 Å². The van der Waals surface area contributed by atoms with Gasteiger partial charge in [-0.3, -0.25) is 4.79 Å². The summed E-state index contributed by atoms with van der Waals surface area (Å²) in [5.74, 6) is 1.46. The molecule has 0 radical (unpaired) electrons. The number of fused-ring (bicyclic) bond motifs is 2. The van der Waals surface area contributed by atoms with Crippen LogP contribution in [0, 0.1) is 0 Å². The van der Waals surface area contributed by atoms with Gasteiger partial charge in [0.1, 0.15) is 11.4 Å².